The van der Waals surface area contributed by atoms with Crippen LogP contribution < -0.4 is 5.73 Å². The fraction of sp³-hybridized carbons (Fsp3) is 0.667. The topological polar surface area (TPSA) is 101 Å². The van der Waals surface area contributed by atoms with E-state index >= 15 is 0 Å². The van der Waals surface area contributed by atoms with Gasteiger partial charge in [-0.2, -0.15) is 0 Å². The van der Waals surface area contributed by atoms with Crippen LogP contribution in [0.1, 0.15) is 26.2 Å². The molecule has 0 spiro atoms. The fourth-order valence-electron chi connectivity index (χ4n) is 1.32. The summed E-state index contributed by atoms with van der Waals surface area (Å²) in [6, 6.07) is 0. The molecule has 1 saturated heterocycles. The first-order valence-electron chi connectivity index (χ1n) is 4.70. The zero-order chi connectivity index (χ0) is 11.6. The largest absolute Gasteiger partial charge is 0.480 e. The number of nitrogens with zero attached hydrogens (tertiary/aromatic N) is 1. The molecule has 0 aromatic carbocycles. The predicted octanol–water partition coefficient (Wildman–Crippen LogP) is -0.672. The quantitative estimate of drug-likeness (QED) is 0.604. The van der Waals surface area contributed by atoms with E-state index in [9.17, 15) is 14.4 Å². The van der Waals surface area contributed by atoms with Crippen molar-refractivity contribution in [2.75, 3.05) is 6.54 Å². The maximum atomic E-state index is 11.2. The Kier molecular flexibility index (Phi) is 3.09. The minimum Gasteiger partial charge on any atom is -0.480 e. The zero-order valence-electron chi connectivity index (χ0n) is 8.52. The Morgan fingerprint density at radius 3 is 2.33 bits per heavy atom. The van der Waals surface area contributed by atoms with Gasteiger partial charge in [-0.1, -0.05) is 0 Å². The number of carboxylic acid groups (broad SMARTS) is 1. The lowest BCUT2D eigenvalue weighted by molar-refractivity contribution is -0.145. The molecule has 1 fully saturated rings. The fourth-order valence-corrected chi connectivity index (χ4v) is 1.32. The van der Waals surface area contributed by atoms with E-state index in [1.165, 1.54) is 6.92 Å². The van der Waals surface area contributed by atoms with Crippen LogP contribution in [0, 0.1) is 0 Å². The number of rotatable bonds is 4. The molecule has 1 aliphatic heterocycles. The summed E-state index contributed by atoms with van der Waals surface area (Å²) in [6.45, 7) is 1.44. The molecule has 0 saturated carbocycles. The van der Waals surface area contributed by atoms with Crippen molar-refractivity contribution < 1.29 is 19.5 Å². The second-order valence-electron chi connectivity index (χ2n) is 3.91. The molecule has 6 nitrogen and oxygen atoms in total. The second-order valence-corrected chi connectivity index (χ2v) is 3.91. The summed E-state index contributed by atoms with van der Waals surface area (Å²) in [5, 5.41) is 8.73. The molecule has 6 heteroatoms. The summed E-state index contributed by atoms with van der Waals surface area (Å²) in [6.07, 6.45) is 0.500. The molecule has 0 bridgehead atoms. The van der Waals surface area contributed by atoms with E-state index in [0.29, 0.717) is 0 Å². The van der Waals surface area contributed by atoms with Gasteiger partial charge < -0.3 is 10.8 Å². The molecule has 1 heterocycles. The normalized spacial score (nSPS) is 20.5. The van der Waals surface area contributed by atoms with Crippen molar-refractivity contribution in [2.24, 2.45) is 5.73 Å². The number of hydrogen-bond acceptors (Lipinski definition) is 4. The lowest BCUT2D eigenvalue weighted by atomic mass is 9.99. The third kappa shape index (κ3) is 2.53. The monoisotopic (exact) mass is 214 g/mol. The zero-order valence-corrected chi connectivity index (χ0v) is 8.52. The molecule has 1 unspecified atom stereocenters. The van der Waals surface area contributed by atoms with Gasteiger partial charge in [-0.3, -0.25) is 19.3 Å². The first kappa shape index (κ1) is 11.6. The van der Waals surface area contributed by atoms with Crippen LogP contribution in [-0.4, -0.2) is 39.9 Å². The van der Waals surface area contributed by atoms with Gasteiger partial charge in [0.1, 0.15) is 5.54 Å². The van der Waals surface area contributed by atoms with E-state index in [0.717, 1.165) is 4.90 Å². The summed E-state index contributed by atoms with van der Waals surface area (Å²) < 4.78 is 0. The van der Waals surface area contributed by atoms with Gasteiger partial charge in [-0.25, -0.2) is 0 Å². The summed E-state index contributed by atoms with van der Waals surface area (Å²) in [5.74, 6) is -1.64. The minimum atomic E-state index is -1.40. The van der Waals surface area contributed by atoms with Gasteiger partial charge in [0.2, 0.25) is 11.8 Å². The Bertz CT molecular complexity index is 295. The van der Waals surface area contributed by atoms with E-state index in [4.69, 9.17) is 10.8 Å². The van der Waals surface area contributed by atoms with Crippen LogP contribution in [0.25, 0.3) is 0 Å². The van der Waals surface area contributed by atoms with Crippen molar-refractivity contribution in [3.8, 4) is 0 Å². The number of nitrogens with two attached hydrogens (primary N) is 1. The number of carbonyl (C=O) groups is 3. The number of amides is 2. The van der Waals surface area contributed by atoms with E-state index < -0.39 is 11.5 Å². The van der Waals surface area contributed by atoms with Crippen LogP contribution in [0.15, 0.2) is 0 Å². The molecule has 1 rings (SSSR count). The van der Waals surface area contributed by atoms with Crippen LogP contribution in [0.2, 0.25) is 0 Å². The average Bonchev–Trinajstić information content (AvgIpc) is 2.43. The van der Waals surface area contributed by atoms with Crippen molar-refractivity contribution >= 4 is 17.8 Å². The SMILES string of the molecule is CC(N)(CCN1C(=O)CCC1=O)C(=O)O. The van der Waals surface area contributed by atoms with Crippen molar-refractivity contribution in [2.45, 2.75) is 31.7 Å². The molecule has 15 heavy (non-hydrogen) atoms. The van der Waals surface area contributed by atoms with Gasteiger partial charge in [0, 0.05) is 19.4 Å². The second kappa shape index (κ2) is 3.98. The highest BCUT2D eigenvalue weighted by atomic mass is 16.4. The molecule has 0 aromatic heterocycles. The van der Waals surface area contributed by atoms with Gasteiger partial charge in [-0.05, 0) is 13.3 Å². The summed E-state index contributed by atoms with van der Waals surface area (Å²) in [5.41, 5.74) is 4.08. The number of hydrogen-bond donors (Lipinski definition) is 2. The van der Waals surface area contributed by atoms with Crippen molar-refractivity contribution in [3.63, 3.8) is 0 Å². The molecule has 3 N–H and O–H groups in total. The highest BCUT2D eigenvalue weighted by Crippen LogP contribution is 2.15. The van der Waals surface area contributed by atoms with Gasteiger partial charge in [-0.15, -0.1) is 0 Å². The van der Waals surface area contributed by atoms with Crippen molar-refractivity contribution in [1.29, 1.82) is 0 Å². The molecule has 2 amide bonds. The Balaban J connectivity index is 2.53. The Labute approximate surface area is 87.0 Å². The summed E-state index contributed by atoms with van der Waals surface area (Å²) >= 11 is 0. The number of likely N-dealkylation sites (tertiary alicyclic amines) is 1. The highest BCUT2D eigenvalue weighted by molar-refractivity contribution is 6.01. The van der Waals surface area contributed by atoms with Crippen LogP contribution in [0.4, 0.5) is 0 Å². The minimum absolute atomic E-state index is 0.0693. The van der Waals surface area contributed by atoms with Crippen LogP contribution in [0.3, 0.4) is 0 Å². The lowest BCUT2D eigenvalue weighted by Crippen LogP contribution is -2.47. The first-order chi connectivity index (χ1) is 6.84. The van der Waals surface area contributed by atoms with Crippen molar-refractivity contribution in [3.05, 3.63) is 0 Å². The summed E-state index contributed by atoms with van der Waals surface area (Å²) in [4.78, 5) is 34.1. The molecular formula is C9H14N2O4. The molecule has 0 radical (unpaired) electrons. The number of aliphatic carboxylic acids is 1. The number of carboxylic acids is 1. The molecule has 0 aromatic rings. The van der Waals surface area contributed by atoms with Crippen LogP contribution in [-0.2, 0) is 14.4 Å². The molecule has 1 atom stereocenters. The van der Waals surface area contributed by atoms with E-state index in [-0.39, 0.29) is 37.6 Å². The van der Waals surface area contributed by atoms with Gasteiger partial charge in [0.05, 0.1) is 0 Å². The van der Waals surface area contributed by atoms with Gasteiger partial charge >= 0.3 is 5.97 Å². The standard InChI is InChI=1S/C9H14N2O4/c1-9(10,8(14)15)4-5-11-6(12)2-3-7(11)13/h2-5,10H2,1H3,(H,14,15). The van der Waals surface area contributed by atoms with E-state index in [1.807, 2.05) is 0 Å². The Morgan fingerprint density at radius 1 is 1.47 bits per heavy atom. The van der Waals surface area contributed by atoms with Crippen LogP contribution in [0.5, 0.6) is 0 Å². The Morgan fingerprint density at radius 2 is 1.93 bits per heavy atom. The third-order valence-corrected chi connectivity index (χ3v) is 2.50. The predicted molar refractivity (Wildman–Crippen MR) is 50.8 cm³/mol. The van der Waals surface area contributed by atoms with Crippen molar-refractivity contribution in [1.82, 2.24) is 4.90 Å². The molecular weight excluding hydrogens is 200 g/mol. The highest BCUT2D eigenvalue weighted by Gasteiger charge is 2.33. The smallest absolute Gasteiger partial charge is 0.323 e. The third-order valence-electron chi connectivity index (χ3n) is 2.50. The first-order valence-corrected chi connectivity index (χ1v) is 4.70. The van der Waals surface area contributed by atoms with E-state index in [2.05, 4.69) is 0 Å². The molecule has 1 aliphatic rings. The molecule has 0 aliphatic carbocycles. The summed E-state index contributed by atoms with van der Waals surface area (Å²) in [7, 11) is 0. The maximum absolute atomic E-state index is 11.2. The van der Waals surface area contributed by atoms with E-state index in [1.54, 1.807) is 0 Å². The number of imide groups is 1. The van der Waals surface area contributed by atoms with Gasteiger partial charge in [0.25, 0.3) is 0 Å². The Hall–Kier alpha value is -1.43. The maximum Gasteiger partial charge on any atom is 0.323 e. The number of carbonyl (C=O) groups excluding carboxylic acids is 2. The van der Waals surface area contributed by atoms with Gasteiger partial charge in [0.15, 0.2) is 0 Å². The average molecular weight is 214 g/mol. The molecule has 84 valence electrons. The van der Waals surface area contributed by atoms with Crippen LogP contribution >= 0.6 is 0 Å². The lowest BCUT2D eigenvalue weighted by Gasteiger charge is -2.22.